The Kier molecular flexibility index (Phi) is 16.9. The Morgan fingerprint density at radius 3 is 2.30 bits per heavy atom. The lowest BCUT2D eigenvalue weighted by Gasteiger charge is -2.36. The maximum atomic E-state index is 14.6. The Balaban J connectivity index is 0.752. The summed E-state index contributed by atoms with van der Waals surface area (Å²) in [5.74, 6) is -1.85. The number of fused-ring (bicyclic) bond motifs is 2. The third-order valence-corrected chi connectivity index (χ3v) is 17.9. The summed E-state index contributed by atoms with van der Waals surface area (Å²) in [6.45, 7) is 13.6. The summed E-state index contributed by atoms with van der Waals surface area (Å²) in [4.78, 5) is 99.7. The Bertz CT molecular complexity index is 3530. The maximum absolute atomic E-state index is 14.6. The third-order valence-electron chi connectivity index (χ3n) is 16.0. The summed E-state index contributed by atoms with van der Waals surface area (Å²) < 4.78 is 13.2. The smallest absolute Gasteiger partial charge is 0.355 e. The van der Waals surface area contributed by atoms with Crippen molar-refractivity contribution < 1.29 is 43.3 Å². The molecule has 1 saturated carbocycles. The number of carboxylic acids is 1. The van der Waals surface area contributed by atoms with E-state index in [1.165, 1.54) is 23.2 Å². The van der Waals surface area contributed by atoms with Crippen molar-refractivity contribution in [2.75, 3.05) is 23.3 Å². The second kappa shape index (κ2) is 24.2. The molecule has 4 aromatic carbocycles. The molecular formula is C63H68N8O9S2. The fraction of sp³-hybridized carbons (Fsp3) is 0.381. The van der Waals surface area contributed by atoms with Crippen molar-refractivity contribution in [1.29, 1.82) is 0 Å². The van der Waals surface area contributed by atoms with Crippen LogP contribution in [0.25, 0.3) is 31.8 Å². The number of carbonyl (C=O) groups excluding carboxylic acids is 5. The molecule has 2 fully saturated rings. The number of anilines is 2. The highest BCUT2D eigenvalue weighted by Gasteiger charge is 2.46. The van der Waals surface area contributed by atoms with Crippen molar-refractivity contribution in [3.63, 3.8) is 0 Å². The van der Waals surface area contributed by atoms with E-state index in [-0.39, 0.29) is 54.8 Å². The first-order valence-corrected chi connectivity index (χ1v) is 29.6. The first-order chi connectivity index (χ1) is 39.3. The van der Waals surface area contributed by atoms with Crippen molar-refractivity contribution >= 4 is 79.4 Å². The fourth-order valence-corrected chi connectivity index (χ4v) is 13.2. The molecule has 1 saturated heterocycles. The highest BCUT2D eigenvalue weighted by molar-refractivity contribution is 7.22. The maximum Gasteiger partial charge on any atom is 0.355 e. The van der Waals surface area contributed by atoms with Crippen LogP contribution in [0.4, 0.5) is 10.9 Å². The van der Waals surface area contributed by atoms with Gasteiger partial charge < -0.3 is 35.0 Å². The van der Waals surface area contributed by atoms with Crippen LogP contribution in [0.2, 0.25) is 0 Å². The molecule has 7 aromatic rings. The first-order valence-electron chi connectivity index (χ1n) is 27.9. The molecule has 3 aromatic heterocycles. The molecule has 19 heteroatoms. The van der Waals surface area contributed by atoms with Crippen molar-refractivity contribution in [3.8, 4) is 27.3 Å². The molecule has 0 spiro atoms. The van der Waals surface area contributed by atoms with Crippen LogP contribution in [0.5, 0.6) is 5.75 Å². The average molecular weight is 1150 g/mol. The lowest BCUT2D eigenvalue weighted by molar-refractivity contribution is -0.147. The van der Waals surface area contributed by atoms with Gasteiger partial charge in [0.2, 0.25) is 17.7 Å². The van der Waals surface area contributed by atoms with Gasteiger partial charge in [0.25, 0.3) is 5.91 Å². The number of para-hydroxylation sites is 1. The number of carbonyl (C=O) groups is 6. The highest BCUT2D eigenvalue weighted by Crippen LogP contribution is 2.38. The lowest BCUT2D eigenvalue weighted by atomic mass is 9.83. The number of pyridine rings is 1. The predicted molar refractivity (Wildman–Crippen MR) is 317 cm³/mol. The van der Waals surface area contributed by atoms with Crippen molar-refractivity contribution in [2.45, 2.75) is 130 Å². The highest BCUT2D eigenvalue weighted by atomic mass is 32.1. The van der Waals surface area contributed by atoms with Crippen molar-refractivity contribution in [1.82, 2.24) is 30.5 Å². The van der Waals surface area contributed by atoms with E-state index < -0.39 is 47.5 Å². The Labute approximate surface area is 484 Å². The number of rotatable bonds is 16. The zero-order chi connectivity index (χ0) is 58.0. The van der Waals surface area contributed by atoms with Gasteiger partial charge in [0.15, 0.2) is 10.8 Å². The monoisotopic (exact) mass is 1140 g/mol. The van der Waals surface area contributed by atoms with Crippen LogP contribution < -0.4 is 25.6 Å². The van der Waals surface area contributed by atoms with Gasteiger partial charge in [-0.2, -0.15) is 0 Å². The minimum Gasteiger partial charge on any atom is -0.490 e. The quantitative estimate of drug-likeness (QED) is 0.0662. The lowest BCUT2D eigenvalue weighted by Crippen LogP contribution is -2.58. The molecule has 0 radical (unpaired) electrons. The van der Waals surface area contributed by atoms with E-state index in [1.54, 1.807) is 23.5 Å². The second-order valence-electron chi connectivity index (χ2n) is 22.8. The molecular weight excluding hydrogens is 1080 g/mol. The number of hydrogen-bond donors (Lipinski definition) is 4. The predicted octanol–water partition coefficient (Wildman–Crippen LogP) is 10.9. The molecule has 10 rings (SSSR count). The normalized spacial score (nSPS) is 18.7. The molecule has 2 aliphatic heterocycles. The largest absolute Gasteiger partial charge is 0.490 e. The molecule has 0 bridgehead atoms. The molecule has 426 valence electrons. The molecule has 4 atom stereocenters. The Morgan fingerprint density at radius 1 is 0.841 bits per heavy atom. The number of likely N-dealkylation sites (tertiary alicyclic amines) is 1. The van der Waals surface area contributed by atoms with E-state index in [9.17, 15) is 33.9 Å². The average Bonchev–Trinajstić information content (AvgIpc) is 4.28. The SMILES string of the molecule is CC(=O)O[C@@H]1C[C@@H](C(=O)N[C@@H](C)c2ccc(-c3scnc3C)cc2)N(C(=O)C(NC(=O)CC2CCC(Oc3cccc(-c4ccc(N5CCc6cccc(C(=O)Nc7nc8ccccc8s7)c6C5)nc4C(=O)O)c3C)CC2)C(C)(C)C)C1. The summed E-state index contributed by atoms with van der Waals surface area (Å²) in [6.07, 6.45) is 2.90. The number of nitrogens with one attached hydrogen (secondary N) is 3. The van der Waals surface area contributed by atoms with E-state index in [4.69, 9.17) is 14.5 Å². The van der Waals surface area contributed by atoms with Gasteiger partial charge in [-0.3, -0.25) is 29.3 Å². The Morgan fingerprint density at radius 2 is 1.60 bits per heavy atom. The van der Waals surface area contributed by atoms with E-state index in [1.807, 2.05) is 137 Å². The van der Waals surface area contributed by atoms with Gasteiger partial charge >= 0.3 is 11.9 Å². The number of aromatic nitrogens is 3. The van der Waals surface area contributed by atoms with Crippen LogP contribution in [0.1, 0.15) is 128 Å². The van der Waals surface area contributed by atoms with E-state index in [0.717, 1.165) is 48.6 Å². The summed E-state index contributed by atoms with van der Waals surface area (Å²) >= 11 is 2.98. The number of amides is 4. The summed E-state index contributed by atoms with van der Waals surface area (Å²) in [5.41, 5.74) is 9.01. The third kappa shape index (κ3) is 12.7. The zero-order valence-corrected chi connectivity index (χ0v) is 48.7. The van der Waals surface area contributed by atoms with Gasteiger partial charge in [0.1, 0.15) is 29.8 Å². The van der Waals surface area contributed by atoms with Crippen LogP contribution in [0, 0.1) is 25.2 Å². The number of aromatic carboxylic acids is 1. The number of hydrogen-bond acceptors (Lipinski definition) is 14. The molecule has 1 aliphatic carbocycles. The molecule has 3 aliphatic rings. The number of benzene rings is 4. The molecule has 82 heavy (non-hydrogen) atoms. The second-order valence-corrected chi connectivity index (χ2v) is 24.7. The van der Waals surface area contributed by atoms with Crippen LogP contribution in [0.15, 0.2) is 103 Å². The van der Waals surface area contributed by atoms with Crippen LogP contribution >= 0.6 is 22.7 Å². The van der Waals surface area contributed by atoms with Crippen LogP contribution in [-0.4, -0.2) is 97.9 Å². The number of carboxylic acid groups (broad SMARTS) is 1. The van der Waals surface area contributed by atoms with Crippen molar-refractivity contribution in [3.05, 3.63) is 142 Å². The van der Waals surface area contributed by atoms with Gasteiger partial charge in [-0.1, -0.05) is 92.8 Å². The van der Waals surface area contributed by atoms with Crippen molar-refractivity contribution in [2.24, 2.45) is 11.3 Å². The van der Waals surface area contributed by atoms with Crippen LogP contribution in [-0.2, 0) is 36.9 Å². The standard InChI is InChI=1S/C63H68N8O9S2/c1-35-45(46-26-27-53(67-55(46)61(77)78)70-29-28-41-12-10-14-47(48(41)33-70)58(74)69-62-66-49-15-8-9-17-52(49)82-62)13-11-16-51(35)80-43-24-18-39(19-25-43)30-54(73)68-57(63(5,6)7)60(76)71-32-44(79-38(4)72)31-50(71)59(75)65-36(2)40-20-22-42(23-21-40)56-37(3)64-34-81-56/h8-17,20-23,26-27,34,36,39,43-44,50,57H,18-19,24-25,28-33H2,1-7H3,(H,65,75)(H,68,73)(H,77,78)(H,66,69,74)/t36-,39?,43?,44+,50-,57?/m0/s1. The molecule has 17 nitrogen and oxygen atoms in total. The van der Waals surface area contributed by atoms with Gasteiger partial charge in [-0.25, -0.2) is 19.7 Å². The minimum absolute atomic E-state index is 0.0133. The number of esters is 1. The number of nitrogens with zero attached hydrogens (tertiary/aromatic N) is 5. The molecule has 4 amide bonds. The van der Waals surface area contributed by atoms with Crippen LogP contribution in [0.3, 0.4) is 0 Å². The molecule has 5 heterocycles. The fourth-order valence-electron chi connectivity index (χ4n) is 11.6. The van der Waals surface area contributed by atoms with Gasteiger partial charge in [0, 0.05) is 44.0 Å². The minimum atomic E-state index is -1.17. The summed E-state index contributed by atoms with van der Waals surface area (Å²) in [5, 5.41) is 20.2. The Hall–Kier alpha value is -8.03. The van der Waals surface area contributed by atoms with Gasteiger partial charge in [0.05, 0.1) is 45.0 Å². The number of thiazole rings is 2. The topological polar surface area (TPSA) is 222 Å². The number of ether oxygens (including phenoxy) is 2. The first kappa shape index (κ1) is 57.2. The summed E-state index contributed by atoms with van der Waals surface area (Å²) in [6, 6.07) is 28.3. The molecule has 4 N–H and O–H groups in total. The zero-order valence-electron chi connectivity index (χ0n) is 47.1. The number of aryl methyl sites for hydroxylation is 1. The van der Waals surface area contributed by atoms with E-state index in [0.29, 0.717) is 78.6 Å². The van der Waals surface area contributed by atoms with E-state index in [2.05, 4.69) is 25.9 Å². The van der Waals surface area contributed by atoms with Gasteiger partial charge in [-0.15, -0.1) is 11.3 Å². The van der Waals surface area contributed by atoms with E-state index >= 15 is 0 Å². The summed E-state index contributed by atoms with van der Waals surface area (Å²) in [7, 11) is 0. The van der Waals surface area contributed by atoms with Gasteiger partial charge in [-0.05, 0) is 134 Å². The molecule has 1 unspecified atom stereocenters.